The predicted octanol–water partition coefficient (Wildman–Crippen LogP) is -0.312. The summed E-state index contributed by atoms with van der Waals surface area (Å²) in [6.07, 6.45) is 1.98. The highest BCUT2D eigenvalue weighted by atomic mass is 16.5. The fourth-order valence-corrected chi connectivity index (χ4v) is 2.57. The number of carbonyl (C=O) groups excluding carboxylic acids is 1. The summed E-state index contributed by atoms with van der Waals surface area (Å²) in [5.74, 6) is -0.737. The van der Waals surface area contributed by atoms with Gasteiger partial charge in [0.15, 0.2) is 0 Å². The van der Waals surface area contributed by atoms with E-state index >= 15 is 0 Å². The number of nitrogens with zero attached hydrogens (tertiary/aromatic N) is 1. The largest absolute Gasteiger partial charge is 0.480 e. The van der Waals surface area contributed by atoms with Crippen LogP contribution in [0.2, 0.25) is 0 Å². The van der Waals surface area contributed by atoms with Crippen molar-refractivity contribution < 1.29 is 19.4 Å². The standard InChI is InChI=1S/C12H20N2O4/c1-12(18-6-10(15)16)7-14(8-12)11(17)9-3-2-4-13-5-9/h9,13H,2-8H2,1H3,(H,15,16). The van der Waals surface area contributed by atoms with Gasteiger partial charge in [-0.05, 0) is 26.3 Å². The molecule has 6 heteroatoms. The van der Waals surface area contributed by atoms with E-state index in [4.69, 9.17) is 9.84 Å². The normalized spacial score (nSPS) is 26.5. The van der Waals surface area contributed by atoms with Crippen LogP contribution in [0, 0.1) is 5.92 Å². The van der Waals surface area contributed by atoms with Gasteiger partial charge in [0.1, 0.15) is 12.2 Å². The van der Waals surface area contributed by atoms with Gasteiger partial charge in [0, 0.05) is 6.54 Å². The van der Waals surface area contributed by atoms with Gasteiger partial charge in [0.05, 0.1) is 19.0 Å². The summed E-state index contributed by atoms with van der Waals surface area (Å²) in [7, 11) is 0. The molecule has 0 bridgehead atoms. The summed E-state index contributed by atoms with van der Waals surface area (Å²) in [5, 5.41) is 11.8. The van der Waals surface area contributed by atoms with Crippen molar-refractivity contribution in [2.45, 2.75) is 25.4 Å². The molecular weight excluding hydrogens is 236 g/mol. The summed E-state index contributed by atoms with van der Waals surface area (Å²) < 4.78 is 5.29. The van der Waals surface area contributed by atoms with E-state index in [1.165, 1.54) is 0 Å². The molecule has 2 fully saturated rings. The first kappa shape index (κ1) is 13.3. The minimum atomic E-state index is -0.975. The number of piperidine rings is 1. The van der Waals surface area contributed by atoms with E-state index in [0.29, 0.717) is 13.1 Å². The molecule has 0 aromatic heterocycles. The lowest BCUT2D eigenvalue weighted by Crippen LogP contribution is -2.65. The van der Waals surface area contributed by atoms with E-state index in [9.17, 15) is 9.59 Å². The Morgan fingerprint density at radius 1 is 1.50 bits per heavy atom. The number of likely N-dealkylation sites (tertiary alicyclic amines) is 1. The molecule has 102 valence electrons. The number of hydrogen-bond donors (Lipinski definition) is 2. The minimum Gasteiger partial charge on any atom is -0.480 e. The zero-order valence-corrected chi connectivity index (χ0v) is 10.6. The molecule has 2 saturated heterocycles. The highest BCUT2D eigenvalue weighted by molar-refractivity contribution is 5.80. The van der Waals surface area contributed by atoms with Crippen molar-refractivity contribution in [3.63, 3.8) is 0 Å². The maximum atomic E-state index is 12.1. The predicted molar refractivity (Wildman–Crippen MR) is 64.2 cm³/mol. The molecule has 18 heavy (non-hydrogen) atoms. The summed E-state index contributed by atoms with van der Waals surface area (Å²) in [5.41, 5.74) is -0.490. The molecule has 1 atom stereocenters. The van der Waals surface area contributed by atoms with Crippen molar-refractivity contribution >= 4 is 11.9 Å². The van der Waals surface area contributed by atoms with Crippen LogP contribution in [0.3, 0.4) is 0 Å². The number of carbonyl (C=O) groups is 2. The second-order valence-electron chi connectivity index (χ2n) is 5.37. The first-order chi connectivity index (χ1) is 8.50. The number of carboxylic acids is 1. The topological polar surface area (TPSA) is 78.9 Å². The number of ether oxygens (including phenoxy) is 1. The molecule has 0 aromatic carbocycles. The van der Waals surface area contributed by atoms with Crippen LogP contribution in [-0.4, -0.2) is 60.3 Å². The summed E-state index contributed by atoms with van der Waals surface area (Å²) in [6.45, 7) is 4.28. The van der Waals surface area contributed by atoms with Crippen molar-refractivity contribution in [1.29, 1.82) is 0 Å². The smallest absolute Gasteiger partial charge is 0.329 e. The van der Waals surface area contributed by atoms with Crippen molar-refractivity contribution in [3.05, 3.63) is 0 Å². The summed E-state index contributed by atoms with van der Waals surface area (Å²) in [4.78, 5) is 24.3. The van der Waals surface area contributed by atoms with E-state index in [2.05, 4.69) is 5.32 Å². The van der Waals surface area contributed by atoms with Crippen LogP contribution in [0.15, 0.2) is 0 Å². The number of aliphatic carboxylic acids is 1. The molecule has 6 nitrogen and oxygen atoms in total. The van der Waals surface area contributed by atoms with Gasteiger partial charge in [-0.25, -0.2) is 4.79 Å². The van der Waals surface area contributed by atoms with Crippen molar-refractivity contribution in [1.82, 2.24) is 10.2 Å². The number of rotatable bonds is 4. The lowest BCUT2D eigenvalue weighted by atomic mass is 9.91. The van der Waals surface area contributed by atoms with Crippen molar-refractivity contribution in [3.8, 4) is 0 Å². The lowest BCUT2D eigenvalue weighted by Gasteiger charge is -2.48. The third kappa shape index (κ3) is 3.00. The quantitative estimate of drug-likeness (QED) is 0.721. The number of amides is 1. The van der Waals surface area contributed by atoms with Crippen LogP contribution >= 0.6 is 0 Å². The fourth-order valence-electron chi connectivity index (χ4n) is 2.57. The van der Waals surface area contributed by atoms with E-state index in [1.807, 2.05) is 6.92 Å². The Bertz CT molecular complexity index is 333. The Kier molecular flexibility index (Phi) is 3.87. The van der Waals surface area contributed by atoms with Crippen LogP contribution in [0.5, 0.6) is 0 Å². The maximum Gasteiger partial charge on any atom is 0.329 e. The van der Waals surface area contributed by atoms with E-state index < -0.39 is 11.6 Å². The number of nitrogens with one attached hydrogen (secondary N) is 1. The third-order valence-corrected chi connectivity index (χ3v) is 3.55. The number of hydrogen-bond acceptors (Lipinski definition) is 4. The van der Waals surface area contributed by atoms with Gasteiger partial charge in [-0.15, -0.1) is 0 Å². The average Bonchev–Trinajstić information content (AvgIpc) is 2.33. The van der Waals surface area contributed by atoms with Crippen LogP contribution in [0.4, 0.5) is 0 Å². The summed E-state index contributed by atoms with van der Waals surface area (Å²) >= 11 is 0. The lowest BCUT2D eigenvalue weighted by molar-refractivity contribution is -0.175. The van der Waals surface area contributed by atoms with Crippen LogP contribution < -0.4 is 5.32 Å². The molecular formula is C12H20N2O4. The van der Waals surface area contributed by atoms with Crippen LogP contribution in [0.25, 0.3) is 0 Å². The van der Waals surface area contributed by atoms with Gasteiger partial charge >= 0.3 is 5.97 Å². The van der Waals surface area contributed by atoms with E-state index in [-0.39, 0.29) is 18.4 Å². The van der Waals surface area contributed by atoms with E-state index in [1.54, 1.807) is 4.90 Å². The van der Waals surface area contributed by atoms with Crippen molar-refractivity contribution in [2.75, 3.05) is 32.8 Å². The Hall–Kier alpha value is -1.14. The molecule has 0 aliphatic carbocycles. The highest BCUT2D eigenvalue weighted by Crippen LogP contribution is 2.27. The zero-order chi connectivity index (χ0) is 13.2. The molecule has 2 heterocycles. The average molecular weight is 256 g/mol. The first-order valence-corrected chi connectivity index (χ1v) is 6.35. The fraction of sp³-hybridized carbons (Fsp3) is 0.833. The molecule has 1 amide bonds. The van der Waals surface area contributed by atoms with Gasteiger partial charge in [-0.1, -0.05) is 0 Å². The first-order valence-electron chi connectivity index (χ1n) is 6.35. The Labute approximate surface area is 106 Å². The van der Waals surface area contributed by atoms with Crippen molar-refractivity contribution in [2.24, 2.45) is 5.92 Å². The molecule has 2 aliphatic rings. The highest BCUT2D eigenvalue weighted by Gasteiger charge is 2.44. The van der Waals surface area contributed by atoms with E-state index in [0.717, 1.165) is 25.9 Å². The molecule has 0 saturated carbocycles. The number of carboxylic acid groups (broad SMARTS) is 1. The SMILES string of the molecule is CC1(OCC(=O)O)CN(C(=O)C2CCCNC2)C1. The molecule has 2 N–H and O–H groups in total. The van der Waals surface area contributed by atoms with Gasteiger partial charge in [0.2, 0.25) is 5.91 Å². The van der Waals surface area contributed by atoms with Gasteiger partial charge < -0.3 is 20.1 Å². The Morgan fingerprint density at radius 3 is 2.78 bits per heavy atom. The van der Waals surface area contributed by atoms with Gasteiger partial charge in [-0.2, -0.15) is 0 Å². The molecule has 0 radical (unpaired) electrons. The Balaban J connectivity index is 1.77. The molecule has 0 aromatic rings. The Morgan fingerprint density at radius 2 is 2.22 bits per heavy atom. The second-order valence-corrected chi connectivity index (χ2v) is 5.37. The molecule has 0 spiro atoms. The molecule has 1 unspecified atom stereocenters. The summed E-state index contributed by atoms with van der Waals surface area (Å²) in [6, 6.07) is 0. The van der Waals surface area contributed by atoms with Gasteiger partial charge in [0.25, 0.3) is 0 Å². The second kappa shape index (κ2) is 5.24. The van der Waals surface area contributed by atoms with Crippen LogP contribution in [-0.2, 0) is 14.3 Å². The monoisotopic (exact) mass is 256 g/mol. The molecule has 2 rings (SSSR count). The maximum absolute atomic E-state index is 12.1. The molecule has 2 aliphatic heterocycles. The minimum absolute atomic E-state index is 0.0720. The van der Waals surface area contributed by atoms with Gasteiger partial charge in [-0.3, -0.25) is 4.79 Å². The van der Waals surface area contributed by atoms with Crippen LogP contribution in [0.1, 0.15) is 19.8 Å². The third-order valence-electron chi connectivity index (χ3n) is 3.55. The zero-order valence-electron chi connectivity index (χ0n) is 10.6.